The minimum absolute atomic E-state index is 0.226. The van der Waals surface area contributed by atoms with Crippen molar-refractivity contribution in [3.63, 3.8) is 0 Å². The largest absolute Gasteiger partial charge is 0.436 e. The third-order valence-corrected chi connectivity index (χ3v) is 5.21. The number of halogens is 1. The van der Waals surface area contributed by atoms with Gasteiger partial charge in [0.05, 0.1) is 0 Å². The molecule has 0 unspecified atom stereocenters. The molecular formula is C26H17ClN2O2. The molecule has 150 valence electrons. The lowest BCUT2D eigenvalue weighted by Crippen LogP contribution is -2.07. The van der Waals surface area contributed by atoms with Gasteiger partial charge >= 0.3 is 0 Å². The second kappa shape index (κ2) is 8.09. The Morgan fingerprint density at radius 3 is 2.65 bits per heavy atom. The zero-order chi connectivity index (χ0) is 21.2. The van der Waals surface area contributed by atoms with Crippen LogP contribution in [-0.4, -0.2) is 10.9 Å². The molecular weight excluding hydrogens is 408 g/mol. The SMILES string of the molecule is O=C(/C=C/c1ccc(Cl)cc1)Nc1cccc(-c2nc3c(ccc4ccccc43)o2)c1. The zero-order valence-corrected chi connectivity index (χ0v) is 17.1. The molecule has 0 aliphatic rings. The molecule has 4 nitrogen and oxygen atoms in total. The number of carbonyl (C=O) groups excluding carboxylic acids is 1. The van der Waals surface area contributed by atoms with Crippen molar-refractivity contribution in [3.8, 4) is 11.5 Å². The van der Waals surface area contributed by atoms with E-state index in [9.17, 15) is 4.79 Å². The Hall–Kier alpha value is -3.89. The van der Waals surface area contributed by atoms with E-state index in [1.54, 1.807) is 18.2 Å². The van der Waals surface area contributed by atoms with Crippen LogP contribution in [0.25, 0.3) is 39.4 Å². The minimum atomic E-state index is -0.226. The number of nitrogens with one attached hydrogen (secondary N) is 1. The molecule has 0 saturated heterocycles. The van der Waals surface area contributed by atoms with Crippen LogP contribution in [-0.2, 0) is 4.79 Å². The van der Waals surface area contributed by atoms with E-state index in [-0.39, 0.29) is 5.91 Å². The number of rotatable bonds is 4. The Balaban J connectivity index is 1.39. The van der Waals surface area contributed by atoms with Crippen molar-refractivity contribution in [2.45, 2.75) is 0 Å². The van der Waals surface area contributed by atoms with E-state index in [0.29, 0.717) is 16.6 Å². The van der Waals surface area contributed by atoms with Gasteiger partial charge in [-0.3, -0.25) is 4.79 Å². The highest BCUT2D eigenvalue weighted by Crippen LogP contribution is 2.30. The van der Waals surface area contributed by atoms with E-state index >= 15 is 0 Å². The van der Waals surface area contributed by atoms with Gasteiger partial charge in [-0.15, -0.1) is 0 Å². The van der Waals surface area contributed by atoms with E-state index in [0.717, 1.165) is 33.0 Å². The average molecular weight is 425 g/mol. The van der Waals surface area contributed by atoms with Gasteiger partial charge in [0.25, 0.3) is 0 Å². The number of nitrogens with zero attached hydrogens (tertiary/aromatic N) is 1. The van der Waals surface area contributed by atoms with E-state index in [1.165, 1.54) is 6.08 Å². The third-order valence-electron chi connectivity index (χ3n) is 4.96. The average Bonchev–Trinajstić information content (AvgIpc) is 3.24. The van der Waals surface area contributed by atoms with Crippen LogP contribution in [0.2, 0.25) is 5.02 Å². The first-order valence-electron chi connectivity index (χ1n) is 9.79. The topological polar surface area (TPSA) is 55.1 Å². The monoisotopic (exact) mass is 424 g/mol. The Kier molecular flexibility index (Phi) is 4.98. The minimum Gasteiger partial charge on any atom is -0.436 e. The molecule has 1 N–H and O–H groups in total. The fourth-order valence-electron chi connectivity index (χ4n) is 3.44. The van der Waals surface area contributed by atoms with Crippen LogP contribution in [0.5, 0.6) is 0 Å². The van der Waals surface area contributed by atoms with Crippen molar-refractivity contribution < 1.29 is 9.21 Å². The summed E-state index contributed by atoms with van der Waals surface area (Å²) in [5, 5.41) is 5.70. The van der Waals surface area contributed by atoms with Crippen LogP contribution in [0.3, 0.4) is 0 Å². The second-order valence-corrected chi connectivity index (χ2v) is 7.54. The van der Waals surface area contributed by atoms with Gasteiger partial charge in [-0.25, -0.2) is 4.98 Å². The smallest absolute Gasteiger partial charge is 0.248 e. The summed E-state index contributed by atoms with van der Waals surface area (Å²) in [7, 11) is 0. The van der Waals surface area contributed by atoms with Crippen LogP contribution < -0.4 is 5.32 Å². The lowest BCUT2D eigenvalue weighted by molar-refractivity contribution is -0.111. The first-order valence-corrected chi connectivity index (χ1v) is 10.2. The van der Waals surface area contributed by atoms with Crippen LogP contribution >= 0.6 is 11.6 Å². The van der Waals surface area contributed by atoms with Crippen molar-refractivity contribution in [2.24, 2.45) is 0 Å². The van der Waals surface area contributed by atoms with Gasteiger partial charge in [0, 0.05) is 27.7 Å². The highest BCUT2D eigenvalue weighted by molar-refractivity contribution is 6.30. The number of benzene rings is 4. The molecule has 4 aromatic carbocycles. The van der Waals surface area contributed by atoms with Gasteiger partial charge in [-0.1, -0.05) is 60.1 Å². The fourth-order valence-corrected chi connectivity index (χ4v) is 3.57. The Morgan fingerprint density at radius 2 is 1.77 bits per heavy atom. The summed E-state index contributed by atoms with van der Waals surface area (Å²) in [5.74, 6) is 0.287. The molecule has 1 heterocycles. The number of aromatic nitrogens is 1. The van der Waals surface area contributed by atoms with E-state index in [2.05, 4.69) is 11.4 Å². The van der Waals surface area contributed by atoms with Crippen molar-refractivity contribution >= 4 is 51.1 Å². The molecule has 1 amide bonds. The quantitative estimate of drug-likeness (QED) is 0.317. The number of oxazole rings is 1. The maximum Gasteiger partial charge on any atom is 0.248 e. The first-order chi connectivity index (χ1) is 15.2. The Labute approximate surface area is 183 Å². The van der Waals surface area contributed by atoms with Crippen molar-refractivity contribution in [1.82, 2.24) is 4.98 Å². The van der Waals surface area contributed by atoms with Crippen molar-refractivity contribution in [1.29, 1.82) is 0 Å². The molecule has 0 fully saturated rings. The maximum absolute atomic E-state index is 12.3. The lowest BCUT2D eigenvalue weighted by atomic mass is 10.1. The highest BCUT2D eigenvalue weighted by atomic mass is 35.5. The summed E-state index contributed by atoms with van der Waals surface area (Å²) in [6.07, 6.45) is 3.23. The maximum atomic E-state index is 12.3. The van der Waals surface area contributed by atoms with Gasteiger partial charge in [0.1, 0.15) is 5.52 Å². The van der Waals surface area contributed by atoms with Crippen LogP contribution in [0, 0.1) is 0 Å². The van der Waals surface area contributed by atoms with E-state index < -0.39 is 0 Å². The normalized spacial score (nSPS) is 11.4. The van der Waals surface area contributed by atoms with Gasteiger partial charge in [-0.2, -0.15) is 0 Å². The Bertz CT molecular complexity index is 1440. The standard InChI is InChI=1S/C26H17ClN2O2/c27-20-12-8-17(9-13-20)10-15-24(30)28-21-6-3-5-19(16-21)26-29-25-22-7-2-1-4-18(22)11-14-23(25)31-26/h1-16H,(H,28,30)/b15-10+. The summed E-state index contributed by atoms with van der Waals surface area (Å²) >= 11 is 5.89. The molecule has 31 heavy (non-hydrogen) atoms. The summed E-state index contributed by atoms with van der Waals surface area (Å²) < 4.78 is 5.99. The number of hydrogen-bond donors (Lipinski definition) is 1. The van der Waals surface area contributed by atoms with Crippen LogP contribution in [0.1, 0.15) is 5.56 Å². The number of anilines is 1. The number of amides is 1. The summed E-state index contributed by atoms with van der Waals surface area (Å²) in [6.45, 7) is 0. The first kappa shape index (κ1) is 19.1. The molecule has 0 aliphatic carbocycles. The summed E-state index contributed by atoms with van der Waals surface area (Å²) in [6, 6.07) is 26.8. The van der Waals surface area contributed by atoms with Crippen molar-refractivity contribution in [2.75, 3.05) is 5.32 Å². The Morgan fingerprint density at radius 1 is 0.935 bits per heavy atom. The van der Waals surface area contributed by atoms with Crippen LogP contribution in [0.4, 0.5) is 5.69 Å². The van der Waals surface area contributed by atoms with Gasteiger partial charge < -0.3 is 9.73 Å². The number of hydrogen-bond acceptors (Lipinski definition) is 3. The molecule has 0 bridgehead atoms. The molecule has 5 rings (SSSR count). The third kappa shape index (κ3) is 4.06. The molecule has 0 spiro atoms. The summed E-state index contributed by atoms with van der Waals surface area (Å²) in [5.41, 5.74) is 3.91. The highest BCUT2D eigenvalue weighted by Gasteiger charge is 2.11. The van der Waals surface area contributed by atoms with Crippen LogP contribution in [0.15, 0.2) is 95.4 Å². The van der Waals surface area contributed by atoms with Gasteiger partial charge in [0.15, 0.2) is 5.58 Å². The zero-order valence-electron chi connectivity index (χ0n) is 16.4. The summed E-state index contributed by atoms with van der Waals surface area (Å²) in [4.78, 5) is 17.0. The fraction of sp³-hybridized carbons (Fsp3) is 0. The molecule has 5 aromatic rings. The number of fused-ring (bicyclic) bond motifs is 3. The second-order valence-electron chi connectivity index (χ2n) is 7.11. The number of carbonyl (C=O) groups is 1. The lowest BCUT2D eigenvalue weighted by Gasteiger charge is -2.03. The van der Waals surface area contributed by atoms with Crippen molar-refractivity contribution in [3.05, 3.63) is 102 Å². The molecule has 0 saturated carbocycles. The molecule has 1 aromatic heterocycles. The molecule has 0 radical (unpaired) electrons. The van der Waals surface area contributed by atoms with Gasteiger partial charge in [0.2, 0.25) is 11.8 Å². The van der Waals surface area contributed by atoms with Gasteiger partial charge in [-0.05, 0) is 53.4 Å². The predicted molar refractivity (Wildman–Crippen MR) is 126 cm³/mol. The predicted octanol–water partition coefficient (Wildman–Crippen LogP) is 6.95. The van der Waals surface area contributed by atoms with E-state index in [1.807, 2.05) is 66.7 Å². The molecule has 0 atom stereocenters. The molecule has 5 heteroatoms. The van der Waals surface area contributed by atoms with E-state index in [4.69, 9.17) is 21.0 Å². The molecule has 0 aliphatic heterocycles.